The fraction of sp³-hybridized carbons (Fsp3) is 0.943. The van der Waals surface area contributed by atoms with Gasteiger partial charge in [0.1, 0.15) is 19.3 Å². The standard InChI is InChI=1S/C70H136O17P2/c1-7-10-12-14-15-16-25-29-36-42-48-54-69(74)86-65(58-80-67(72)52-46-38-13-11-8-2)60-84-88(76,77)82-56-64(71)57-83-89(78,79)85-61-66(59-81-68(73)53-47-41-35-32-31-33-39-44-50-62(4)5)87-70(75)55-49-43-37-30-27-24-22-20-18-17-19-21-23-26-28-34-40-45-51-63(6)9-3/h62-66,71H,7-61H2,1-6H3,(H,76,77)(H,78,79)/t63?,64-,65+,66+/m0/s1. The largest absolute Gasteiger partial charge is 0.472 e. The van der Waals surface area contributed by atoms with Gasteiger partial charge < -0.3 is 33.8 Å². The Bertz CT molecular complexity index is 1740. The number of ether oxygens (including phenoxy) is 4. The molecule has 0 radical (unpaired) electrons. The van der Waals surface area contributed by atoms with Crippen LogP contribution in [0.5, 0.6) is 0 Å². The summed E-state index contributed by atoms with van der Waals surface area (Å²) in [5.41, 5.74) is 0. The van der Waals surface area contributed by atoms with Gasteiger partial charge in [0.2, 0.25) is 0 Å². The number of aliphatic hydroxyl groups is 1. The van der Waals surface area contributed by atoms with Crippen molar-refractivity contribution in [2.45, 2.75) is 374 Å². The third-order valence-corrected chi connectivity index (χ3v) is 18.5. The molecule has 0 aliphatic carbocycles. The van der Waals surface area contributed by atoms with Crippen molar-refractivity contribution in [3.63, 3.8) is 0 Å². The lowest BCUT2D eigenvalue weighted by Gasteiger charge is -2.21. The molecule has 0 aromatic rings. The minimum Gasteiger partial charge on any atom is -0.462 e. The van der Waals surface area contributed by atoms with E-state index in [0.717, 1.165) is 108 Å². The van der Waals surface area contributed by atoms with E-state index in [9.17, 15) is 43.2 Å². The van der Waals surface area contributed by atoms with Crippen LogP contribution in [0, 0.1) is 11.8 Å². The normalized spacial score (nSPS) is 14.4. The Labute approximate surface area is 543 Å². The fourth-order valence-electron chi connectivity index (χ4n) is 10.6. The van der Waals surface area contributed by atoms with E-state index in [2.05, 4.69) is 41.5 Å². The number of carbonyl (C=O) groups is 4. The molecular formula is C70H136O17P2. The Morgan fingerprint density at radius 3 is 0.854 bits per heavy atom. The molecule has 17 nitrogen and oxygen atoms in total. The summed E-state index contributed by atoms with van der Waals surface area (Å²) in [5.74, 6) is -0.540. The summed E-state index contributed by atoms with van der Waals surface area (Å²) in [6, 6.07) is 0. The quantitative estimate of drug-likeness (QED) is 0.0222. The first-order valence-corrected chi connectivity index (χ1v) is 39.5. The van der Waals surface area contributed by atoms with Gasteiger partial charge in [-0.1, -0.05) is 305 Å². The molecule has 3 unspecified atom stereocenters. The Kier molecular flexibility index (Phi) is 60.8. The predicted octanol–water partition coefficient (Wildman–Crippen LogP) is 20.0. The highest BCUT2D eigenvalue weighted by atomic mass is 31.2. The van der Waals surface area contributed by atoms with E-state index in [1.165, 1.54) is 167 Å². The molecule has 0 aliphatic rings. The summed E-state index contributed by atoms with van der Waals surface area (Å²) >= 11 is 0. The number of phosphoric acid groups is 2. The average molecular weight is 1310 g/mol. The lowest BCUT2D eigenvalue weighted by atomic mass is 9.99. The summed E-state index contributed by atoms with van der Waals surface area (Å²) in [6.07, 6.45) is 47.7. The van der Waals surface area contributed by atoms with Crippen LogP contribution in [0.2, 0.25) is 0 Å². The molecule has 0 aromatic heterocycles. The Morgan fingerprint density at radius 1 is 0.326 bits per heavy atom. The van der Waals surface area contributed by atoms with E-state index in [0.29, 0.717) is 25.7 Å². The first-order chi connectivity index (χ1) is 42.9. The molecule has 0 aliphatic heterocycles. The monoisotopic (exact) mass is 1310 g/mol. The molecule has 0 aromatic carbocycles. The molecule has 0 heterocycles. The van der Waals surface area contributed by atoms with Gasteiger partial charge in [0.05, 0.1) is 26.4 Å². The molecule has 0 amide bonds. The van der Waals surface area contributed by atoms with Gasteiger partial charge >= 0.3 is 39.5 Å². The SMILES string of the molecule is CCCCCCCCCCCCCC(=O)O[C@H](COC(=O)CCCCCCC)COP(=O)(O)OC[C@H](O)COP(=O)(O)OC[C@@H](COC(=O)CCCCCCCCCCC(C)C)OC(=O)CCCCCCCCCCCCCCCCCCCCC(C)CC. The maximum absolute atomic E-state index is 13.0. The first kappa shape index (κ1) is 87.1. The lowest BCUT2D eigenvalue weighted by Crippen LogP contribution is -2.30. The molecule has 0 rings (SSSR count). The zero-order valence-corrected chi connectivity index (χ0v) is 59.5. The van der Waals surface area contributed by atoms with Crippen molar-refractivity contribution in [3.8, 4) is 0 Å². The van der Waals surface area contributed by atoms with Crippen molar-refractivity contribution in [2.24, 2.45) is 11.8 Å². The Balaban J connectivity index is 5.08. The maximum Gasteiger partial charge on any atom is 0.472 e. The van der Waals surface area contributed by atoms with Crippen molar-refractivity contribution in [1.82, 2.24) is 0 Å². The molecule has 3 N–H and O–H groups in total. The second-order valence-corrected chi connectivity index (χ2v) is 28.9. The number of carbonyl (C=O) groups excluding carboxylic acids is 4. The summed E-state index contributed by atoms with van der Waals surface area (Å²) in [4.78, 5) is 72.2. The zero-order chi connectivity index (χ0) is 65.7. The molecular weight excluding hydrogens is 1170 g/mol. The number of esters is 4. The van der Waals surface area contributed by atoms with Gasteiger partial charge in [-0.2, -0.15) is 0 Å². The molecule has 6 atom stereocenters. The second kappa shape index (κ2) is 62.2. The summed E-state index contributed by atoms with van der Waals surface area (Å²) < 4.78 is 68.0. The minimum atomic E-state index is -4.95. The topological polar surface area (TPSA) is 237 Å². The van der Waals surface area contributed by atoms with Crippen LogP contribution < -0.4 is 0 Å². The van der Waals surface area contributed by atoms with Crippen LogP contribution in [0.3, 0.4) is 0 Å². The van der Waals surface area contributed by atoms with Crippen LogP contribution in [-0.2, 0) is 65.4 Å². The maximum atomic E-state index is 13.0. The highest BCUT2D eigenvalue weighted by Crippen LogP contribution is 2.45. The number of aliphatic hydroxyl groups excluding tert-OH is 1. The molecule has 0 spiro atoms. The minimum absolute atomic E-state index is 0.106. The first-order valence-electron chi connectivity index (χ1n) is 36.5. The van der Waals surface area contributed by atoms with E-state index >= 15 is 0 Å². The van der Waals surface area contributed by atoms with E-state index in [-0.39, 0.29) is 25.7 Å². The van der Waals surface area contributed by atoms with Crippen molar-refractivity contribution >= 4 is 39.5 Å². The van der Waals surface area contributed by atoms with Crippen LogP contribution in [0.25, 0.3) is 0 Å². The Morgan fingerprint density at radius 2 is 0.573 bits per heavy atom. The van der Waals surface area contributed by atoms with Crippen molar-refractivity contribution in [3.05, 3.63) is 0 Å². The summed E-state index contributed by atoms with van der Waals surface area (Å²) in [5, 5.41) is 10.5. The highest BCUT2D eigenvalue weighted by molar-refractivity contribution is 7.47. The molecule has 0 bridgehead atoms. The number of unbranched alkanes of at least 4 members (excludes halogenated alkanes) is 38. The number of hydrogen-bond donors (Lipinski definition) is 3. The predicted molar refractivity (Wildman–Crippen MR) is 358 cm³/mol. The van der Waals surface area contributed by atoms with Gasteiger partial charge in [-0.3, -0.25) is 37.3 Å². The fourth-order valence-corrected chi connectivity index (χ4v) is 12.1. The van der Waals surface area contributed by atoms with Gasteiger partial charge in [0.15, 0.2) is 12.2 Å². The van der Waals surface area contributed by atoms with Gasteiger partial charge in [0, 0.05) is 25.7 Å². The smallest absolute Gasteiger partial charge is 0.462 e. The number of phosphoric ester groups is 2. The van der Waals surface area contributed by atoms with Crippen LogP contribution >= 0.6 is 15.6 Å². The summed E-state index contributed by atoms with van der Waals surface area (Å²) in [7, 11) is -9.89. The molecule has 0 fully saturated rings. The van der Waals surface area contributed by atoms with Crippen molar-refractivity contribution in [2.75, 3.05) is 39.6 Å². The van der Waals surface area contributed by atoms with Gasteiger partial charge in [-0.25, -0.2) is 9.13 Å². The second-order valence-electron chi connectivity index (χ2n) is 26.0. The molecule has 0 saturated heterocycles. The van der Waals surface area contributed by atoms with Gasteiger partial charge in [-0.15, -0.1) is 0 Å². The van der Waals surface area contributed by atoms with Gasteiger partial charge in [-0.05, 0) is 37.5 Å². The average Bonchev–Trinajstić information content (AvgIpc) is 3.69. The molecule has 19 heteroatoms. The third kappa shape index (κ3) is 63.2. The molecule has 0 saturated carbocycles. The molecule has 89 heavy (non-hydrogen) atoms. The Hall–Kier alpha value is -1.94. The van der Waals surface area contributed by atoms with E-state index in [1.54, 1.807) is 0 Å². The highest BCUT2D eigenvalue weighted by Gasteiger charge is 2.30. The van der Waals surface area contributed by atoms with Crippen LogP contribution in [0.4, 0.5) is 0 Å². The van der Waals surface area contributed by atoms with Crippen LogP contribution in [0.1, 0.15) is 356 Å². The van der Waals surface area contributed by atoms with Gasteiger partial charge in [0.25, 0.3) is 0 Å². The van der Waals surface area contributed by atoms with E-state index in [4.69, 9.17) is 37.0 Å². The van der Waals surface area contributed by atoms with E-state index < -0.39 is 97.5 Å². The van der Waals surface area contributed by atoms with Crippen molar-refractivity contribution < 1.29 is 80.2 Å². The number of rotatable bonds is 69. The number of hydrogen-bond acceptors (Lipinski definition) is 15. The van der Waals surface area contributed by atoms with Crippen LogP contribution in [-0.4, -0.2) is 96.7 Å². The zero-order valence-electron chi connectivity index (χ0n) is 57.7. The van der Waals surface area contributed by atoms with Crippen molar-refractivity contribution in [1.29, 1.82) is 0 Å². The summed E-state index contributed by atoms with van der Waals surface area (Å²) in [6.45, 7) is 9.48. The molecule has 528 valence electrons. The lowest BCUT2D eigenvalue weighted by molar-refractivity contribution is -0.161. The van der Waals surface area contributed by atoms with E-state index in [1.807, 2.05) is 0 Å². The van der Waals surface area contributed by atoms with Crippen LogP contribution in [0.15, 0.2) is 0 Å². The third-order valence-electron chi connectivity index (χ3n) is 16.6.